The Hall–Kier alpha value is -1.64. The summed E-state index contributed by atoms with van der Waals surface area (Å²) in [4.78, 5) is 8.97. The summed E-state index contributed by atoms with van der Waals surface area (Å²) in [5.74, 6) is 0.959. The van der Waals surface area contributed by atoms with Gasteiger partial charge in [-0.15, -0.1) is 0 Å². The molecule has 96 valence electrons. The van der Waals surface area contributed by atoms with Crippen LogP contribution in [-0.4, -0.2) is 56.3 Å². The number of nitrogens with zero attached hydrogens (tertiary/aromatic N) is 4. The predicted octanol–water partition coefficient (Wildman–Crippen LogP) is 0.722. The largest absolute Gasteiger partial charge is 0.383 e. The normalized spacial score (nSPS) is 16.6. The highest BCUT2D eigenvalue weighted by molar-refractivity contribution is 5.42. The van der Waals surface area contributed by atoms with Gasteiger partial charge in [0, 0.05) is 46.0 Å². The van der Waals surface area contributed by atoms with Crippen molar-refractivity contribution in [1.82, 2.24) is 9.88 Å². The van der Waals surface area contributed by atoms with Gasteiger partial charge in [-0.2, -0.15) is 5.26 Å². The van der Waals surface area contributed by atoms with Crippen molar-refractivity contribution in [2.24, 2.45) is 0 Å². The number of ether oxygens (including phenoxy) is 1. The molecule has 1 aromatic heterocycles. The van der Waals surface area contributed by atoms with Crippen molar-refractivity contribution in [2.75, 3.05) is 51.3 Å². The molecule has 0 atom stereocenters. The first-order valence-electron chi connectivity index (χ1n) is 6.16. The van der Waals surface area contributed by atoms with Crippen LogP contribution in [0.4, 0.5) is 5.82 Å². The number of methoxy groups -OCH3 is 1. The van der Waals surface area contributed by atoms with Gasteiger partial charge in [0.2, 0.25) is 0 Å². The molecule has 18 heavy (non-hydrogen) atoms. The minimum atomic E-state index is 0.609. The number of piperazine rings is 1. The molecule has 5 nitrogen and oxygen atoms in total. The van der Waals surface area contributed by atoms with E-state index in [-0.39, 0.29) is 0 Å². The molecule has 0 unspecified atom stereocenters. The third kappa shape index (κ3) is 3.19. The second-order valence-corrected chi connectivity index (χ2v) is 4.34. The summed E-state index contributed by atoms with van der Waals surface area (Å²) in [5, 5.41) is 8.73. The lowest BCUT2D eigenvalue weighted by Crippen LogP contribution is -2.47. The summed E-state index contributed by atoms with van der Waals surface area (Å²) in [6.07, 6.45) is 1.63. The fourth-order valence-electron chi connectivity index (χ4n) is 2.06. The minimum absolute atomic E-state index is 0.609. The number of anilines is 1. The van der Waals surface area contributed by atoms with Crippen LogP contribution in [0.25, 0.3) is 0 Å². The van der Waals surface area contributed by atoms with Crippen LogP contribution < -0.4 is 4.90 Å². The average molecular weight is 246 g/mol. The monoisotopic (exact) mass is 246 g/mol. The van der Waals surface area contributed by atoms with Crippen molar-refractivity contribution in [3.63, 3.8) is 0 Å². The second-order valence-electron chi connectivity index (χ2n) is 4.34. The Morgan fingerprint density at radius 2 is 2.11 bits per heavy atom. The minimum Gasteiger partial charge on any atom is -0.383 e. The zero-order chi connectivity index (χ0) is 12.8. The number of nitriles is 1. The highest BCUT2D eigenvalue weighted by atomic mass is 16.5. The van der Waals surface area contributed by atoms with Crippen LogP contribution in [-0.2, 0) is 4.74 Å². The van der Waals surface area contributed by atoms with Gasteiger partial charge in [-0.25, -0.2) is 4.98 Å². The van der Waals surface area contributed by atoms with Crippen LogP contribution >= 0.6 is 0 Å². The lowest BCUT2D eigenvalue weighted by molar-refractivity contribution is 0.144. The van der Waals surface area contributed by atoms with E-state index in [2.05, 4.69) is 20.9 Å². The van der Waals surface area contributed by atoms with Crippen LogP contribution in [0.15, 0.2) is 18.3 Å². The van der Waals surface area contributed by atoms with Crippen molar-refractivity contribution < 1.29 is 4.74 Å². The van der Waals surface area contributed by atoms with E-state index >= 15 is 0 Å². The van der Waals surface area contributed by atoms with Gasteiger partial charge in [0.15, 0.2) is 0 Å². The summed E-state index contributed by atoms with van der Waals surface area (Å²) in [7, 11) is 1.73. The van der Waals surface area contributed by atoms with Gasteiger partial charge >= 0.3 is 0 Å². The SMILES string of the molecule is COCCN1CCN(c2ccc(C#N)cn2)CC1. The Labute approximate surface area is 108 Å². The molecule has 2 rings (SSSR count). The van der Waals surface area contributed by atoms with Crippen molar-refractivity contribution in [1.29, 1.82) is 5.26 Å². The maximum absolute atomic E-state index is 8.73. The molecule has 0 spiro atoms. The lowest BCUT2D eigenvalue weighted by Gasteiger charge is -2.35. The quantitative estimate of drug-likeness (QED) is 0.783. The molecule has 1 saturated heterocycles. The highest BCUT2D eigenvalue weighted by Gasteiger charge is 2.17. The Morgan fingerprint density at radius 3 is 2.67 bits per heavy atom. The molecule has 0 aromatic carbocycles. The fraction of sp³-hybridized carbons (Fsp3) is 0.538. The number of hydrogen-bond donors (Lipinski definition) is 0. The Kier molecular flexibility index (Phi) is 4.51. The lowest BCUT2D eigenvalue weighted by atomic mass is 10.2. The van der Waals surface area contributed by atoms with Gasteiger partial charge < -0.3 is 9.64 Å². The first kappa shape index (κ1) is 12.8. The summed E-state index contributed by atoms with van der Waals surface area (Å²) >= 11 is 0. The molecular formula is C13H18N4O. The van der Waals surface area contributed by atoms with Gasteiger partial charge in [0.1, 0.15) is 11.9 Å². The second kappa shape index (κ2) is 6.34. The van der Waals surface area contributed by atoms with E-state index in [0.29, 0.717) is 5.56 Å². The summed E-state index contributed by atoms with van der Waals surface area (Å²) in [6, 6.07) is 5.82. The van der Waals surface area contributed by atoms with E-state index in [9.17, 15) is 0 Å². The van der Waals surface area contributed by atoms with Gasteiger partial charge in [-0.3, -0.25) is 4.90 Å². The van der Waals surface area contributed by atoms with Crippen molar-refractivity contribution in [3.8, 4) is 6.07 Å². The van der Waals surface area contributed by atoms with Gasteiger partial charge in [-0.1, -0.05) is 0 Å². The molecule has 0 N–H and O–H groups in total. The van der Waals surface area contributed by atoms with E-state index in [1.165, 1.54) is 0 Å². The van der Waals surface area contributed by atoms with Gasteiger partial charge in [0.05, 0.1) is 12.2 Å². The standard InChI is InChI=1S/C13H18N4O/c1-18-9-8-16-4-6-17(7-5-16)13-3-2-12(10-14)11-15-13/h2-3,11H,4-9H2,1H3. The molecule has 0 amide bonds. The Morgan fingerprint density at radius 1 is 1.33 bits per heavy atom. The zero-order valence-corrected chi connectivity index (χ0v) is 10.7. The number of rotatable bonds is 4. The van der Waals surface area contributed by atoms with Crippen LogP contribution in [0, 0.1) is 11.3 Å². The maximum atomic E-state index is 8.73. The Balaban J connectivity index is 1.87. The Bertz CT molecular complexity index is 404. The molecule has 0 bridgehead atoms. The third-order valence-electron chi connectivity index (χ3n) is 3.18. The molecule has 0 radical (unpaired) electrons. The van der Waals surface area contributed by atoms with Crippen LogP contribution in [0.3, 0.4) is 0 Å². The number of aromatic nitrogens is 1. The highest BCUT2D eigenvalue weighted by Crippen LogP contribution is 2.13. The first-order chi connectivity index (χ1) is 8.83. The molecule has 1 aliphatic heterocycles. The summed E-state index contributed by atoms with van der Waals surface area (Å²) < 4.78 is 5.08. The van der Waals surface area contributed by atoms with Crippen molar-refractivity contribution in [2.45, 2.75) is 0 Å². The zero-order valence-electron chi connectivity index (χ0n) is 10.7. The first-order valence-corrected chi connectivity index (χ1v) is 6.16. The van der Waals surface area contributed by atoms with Gasteiger partial charge in [-0.05, 0) is 12.1 Å². The predicted molar refractivity (Wildman–Crippen MR) is 69.5 cm³/mol. The van der Waals surface area contributed by atoms with E-state index in [0.717, 1.165) is 45.1 Å². The molecule has 1 aliphatic rings. The summed E-state index contributed by atoms with van der Waals surface area (Å²) in [5.41, 5.74) is 0.609. The molecule has 5 heteroatoms. The molecular weight excluding hydrogens is 228 g/mol. The van der Waals surface area contributed by atoms with Crippen LogP contribution in [0.1, 0.15) is 5.56 Å². The van der Waals surface area contributed by atoms with Crippen LogP contribution in [0.2, 0.25) is 0 Å². The molecule has 0 aliphatic carbocycles. The molecule has 1 fully saturated rings. The van der Waals surface area contributed by atoms with E-state index < -0.39 is 0 Å². The van der Waals surface area contributed by atoms with Crippen LogP contribution in [0.5, 0.6) is 0 Å². The van der Waals surface area contributed by atoms with E-state index in [1.807, 2.05) is 12.1 Å². The summed E-state index contributed by atoms with van der Waals surface area (Å²) in [6.45, 7) is 5.79. The molecule has 2 heterocycles. The smallest absolute Gasteiger partial charge is 0.128 e. The molecule has 0 saturated carbocycles. The molecule has 1 aromatic rings. The average Bonchev–Trinajstić information content (AvgIpc) is 2.46. The fourth-order valence-corrected chi connectivity index (χ4v) is 2.06. The van der Waals surface area contributed by atoms with E-state index in [1.54, 1.807) is 13.3 Å². The number of pyridine rings is 1. The van der Waals surface area contributed by atoms with E-state index in [4.69, 9.17) is 10.00 Å². The topological polar surface area (TPSA) is 52.4 Å². The van der Waals surface area contributed by atoms with Crippen molar-refractivity contribution in [3.05, 3.63) is 23.9 Å². The number of hydrogen-bond acceptors (Lipinski definition) is 5. The third-order valence-corrected chi connectivity index (χ3v) is 3.18. The van der Waals surface area contributed by atoms with Crippen molar-refractivity contribution >= 4 is 5.82 Å². The maximum Gasteiger partial charge on any atom is 0.128 e. The van der Waals surface area contributed by atoms with Gasteiger partial charge in [0.25, 0.3) is 0 Å².